The van der Waals surface area contributed by atoms with E-state index in [-0.39, 0.29) is 6.04 Å². The van der Waals surface area contributed by atoms with Crippen molar-refractivity contribution < 1.29 is 12.6 Å². The van der Waals surface area contributed by atoms with E-state index in [1.165, 1.54) is 0 Å². The summed E-state index contributed by atoms with van der Waals surface area (Å²) in [6.07, 6.45) is 2.97. The van der Waals surface area contributed by atoms with Crippen LogP contribution in [0.15, 0.2) is 60.7 Å². The van der Waals surface area contributed by atoms with Gasteiger partial charge >= 0.3 is 0 Å². The Morgan fingerprint density at radius 1 is 1.00 bits per heavy atom. The lowest BCUT2D eigenvalue weighted by Crippen LogP contribution is -2.49. The van der Waals surface area contributed by atoms with Crippen LogP contribution in [0, 0.1) is 0 Å². The minimum Gasteiger partial charge on any atom is -0.311 e. The van der Waals surface area contributed by atoms with E-state index in [4.69, 9.17) is 4.18 Å². The number of nitrogens with one attached hydrogen (secondary N) is 1. The number of benzene rings is 2. The summed E-state index contributed by atoms with van der Waals surface area (Å²) in [4.78, 5) is 0. The zero-order valence-electron chi connectivity index (χ0n) is 13.1. The Bertz CT molecular complexity index is 699. The maximum Gasteiger partial charge on any atom is 0.265 e. The highest BCUT2D eigenvalue weighted by atomic mass is 32.2. The van der Waals surface area contributed by atoms with Gasteiger partial charge in [-0.3, -0.25) is 4.18 Å². The molecule has 0 saturated carbocycles. The first-order chi connectivity index (χ1) is 11.0. The number of rotatable bonds is 5. The molecule has 0 aliphatic carbocycles. The van der Waals surface area contributed by atoms with Crippen LogP contribution in [-0.2, 0) is 19.9 Å². The minimum absolute atomic E-state index is 0.0953. The van der Waals surface area contributed by atoms with E-state index in [1.807, 2.05) is 60.7 Å². The molecular weight excluding hydrogens is 310 g/mol. The van der Waals surface area contributed by atoms with Gasteiger partial charge in [0, 0.05) is 6.04 Å². The second-order valence-electron chi connectivity index (χ2n) is 5.90. The van der Waals surface area contributed by atoms with Crippen LogP contribution in [0.5, 0.6) is 0 Å². The topological polar surface area (TPSA) is 55.4 Å². The Balaban J connectivity index is 2.24. The fraction of sp³-hybridized carbons (Fsp3) is 0.333. The van der Waals surface area contributed by atoms with Crippen LogP contribution < -0.4 is 5.32 Å². The smallest absolute Gasteiger partial charge is 0.265 e. The van der Waals surface area contributed by atoms with Gasteiger partial charge in [-0.1, -0.05) is 60.7 Å². The van der Waals surface area contributed by atoms with E-state index < -0.39 is 15.7 Å². The fourth-order valence-electron chi connectivity index (χ4n) is 3.37. The van der Waals surface area contributed by atoms with Gasteiger partial charge in [-0.15, -0.1) is 0 Å². The maximum atomic E-state index is 12.1. The van der Waals surface area contributed by atoms with Crippen molar-refractivity contribution >= 4 is 10.1 Å². The molecule has 0 unspecified atom stereocenters. The van der Waals surface area contributed by atoms with Crippen LogP contribution in [0.1, 0.15) is 24.0 Å². The van der Waals surface area contributed by atoms with Crippen LogP contribution in [-0.4, -0.2) is 27.3 Å². The van der Waals surface area contributed by atoms with E-state index >= 15 is 0 Å². The molecule has 1 heterocycles. The van der Waals surface area contributed by atoms with Crippen molar-refractivity contribution in [3.8, 4) is 0 Å². The average Bonchev–Trinajstić information content (AvgIpc) is 3.08. The lowest BCUT2D eigenvalue weighted by molar-refractivity contribution is 0.0809. The van der Waals surface area contributed by atoms with Gasteiger partial charge in [-0.25, -0.2) is 0 Å². The number of hydrogen-bond donors (Lipinski definition) is 1. The van der Waals surface area contributed by atoms with Gasteiger partial charge in [0.15, 0.2) is 5.60 Å². The normalized spacial score (nSPS) is 18.9. The summed E-state index contributed by atoms with van der Waals surface area (Å²) >= 11 is 0. The van der Waals surface area contributed by atoms with Crippen molar-refractivity contribution in [3.63, 3.8) is 0 Å². The van der Waals surface area contributed by atoms with Crippen molar-refractivity contribution in [3.05, 3.63) is 71.8 Å². The maximum absolute atomic E-state index is 12.1. The highest BCUT2D eigenvalue weighted by Gasteiger charge is 2.47. The second kappa shape index (κ2) is 6.43. The summed E-state index contributed by atoms with van der Waals surface area (Å²) in [5.41, 5.74) is 0.638. The molecule has 1 atom stereocenters. The van der Waals surface area contributed by atoms with E-state index in [1.54, 1.807) is 0 Å². The molecule has 1 aliphatic heterocycles. The van der Waals surface area contributed by atoms with Gasteiger partial charge in [0.25, 0.3) is 10.1 Å². The predicted octanol–water partition coefficient (Wildman–Crippen LogP) is 2.66. The van der Waals surface area contributed by atoms with Gasteiger partial charge in [0.1, 0.15) is 0 Å². The van der Waals surface area contributed by atoms with Crippen molar-refractivity contribution in [1.82, 2.24) is 5.32 Å². The molecule has 0 aromatic heterocycles. The first-order valence-corrected chi connectivity index (χ1v) is 9.59. The van der Waals surface area contributed by atoms with Crippen molar-refractivity contribution in [2.75, 3.05) is 12.8 Å². The fourth-order valence-corrected chi connectivity index (χ4v) is 4.15. The Labute approximate surface area is 137 Å². The summed E-state index contributed by atoms with van der Waals surface area (Å²) in [7, 11) is -3.66. The molecule has 23 heavy (non-hydrogen) atoms. The monoisotopic (exact) mass is 331 g/mol. The van der Waals surface area contributed by atoms with E-state index in [2.05, 4.69) is 5.32 Å². The third-order valence-electron chi connectivity index (χ3n) is 4.24. The van der Waals surface area contributed by atoms with Crippen molar-refractivity contribution in [2.24, 2.45) is 0 Å². The summed E-state index contributed by atoms with van der Waals surface area (Å²) in [6.45, 7) is 0.860. The molecule has 2 aromatic rings. The highest BCUT2D eigenvalue weighted by molar-refractivity contribution is 7.86. The van der Waals surface area contributed by atoms with Crippen LogP contribution >= 0.6 is 0 Å². The largest absolute Gasteiger partial charge is 0.311 e. The standard InChI is InChI=1S/C18H21NO3S/c1-23(20,21)22-18(17-13-8-14-19-17,15-9-4-2-5-10-15)16-11-6-3-7-12-16/h2-7,9-12,17,19H,8,13-14H2,1H3/t17-/m0/s1. The summed E-state index contributed by atoms with van der Waals surface area (Å²) < 4.78 is 30.0. The molecule has 1 N–H and O–H groups in total. The first-order valence-electron chi connectivity index (χ1n) is 7.77. The molecule has 0 bridgehead atoms. The molecule has 1 saturated heterocycles. The van der Waals surface area contributed by atoms with Crippen molar-refractivity contribution in [2.45, 2.75) is 24.5 Å². The Morgan fingerprint density at radius 3 is 1.91 bits per heavy atom. The molecule has 0 spiro atoms. The van der Waals surface area contributed by atoms with E-state index in [9.17, 15) is 8.42 Å². The Morgan fingerprint density at radius 2 is 1.52 bits per heavy atom. The highest BCUT2D eigenvalue weighted by Crippen LogP contribution is 2.41. The zero-order chi connectivity index (χ0) is 16.3. The molecule has 0 radical (unpaired) electrons. The molecular formula is C18H21NO3S. The van der Waals surface area contributed by atoms with Crippen LogP contribution in [0.3, 0.4) is 0 Å². The Hall–Kier alpha value is -1.69. The molecule has 1 aliphatic rings. The third kappa shape index (κ3) is 3.32. The summed E-state index contributed by atoms with van der Waals surface area (Å²) in [5, 5.41) is 3.43. The number of hydrogen-bond acceptors (Lipinski definition) is 4. The molecule has 3 rings (SSSR count). The van der Waals surface area contributed by atoms with Crippen LogP contribution in [0.25, 0.3) is 0 Å². The van der Waals surface area contributed by atoms with Gasteiger partial charge in [0.05, 0.1) is 6.26 Å². The molecule has 0 amide bonds. The SMILES string of the molecule is CS(=O)(=O)OC(c1ccccc1)(c1ccccc1)[C@@H]1CCCN1. The second-order valence-corrected chi connectivity index (χ2v) is 7.48. The quantitative estimate of drug-likeness (QED) is 0.856. The lowest BCUT2D eigenvalue weighted by atomic mass is 9.79. The molecule has 2 aromatic carbocycles. The van der Waals surface area contributed by atoms with E-state index in [0.29, 0.717) is 0 Å². The van der Waals surface area contributed by atoms with Gasteiger partial charge in [0.2, 0.25) is 0 Å². The predicted molar refractivity (Wildman–Crippen MR) is 90.6 cm³/mol. The van der Waals surface area contributed by atoms with Gasteiger partial charge in [-0.05, 0) is 30.5 Å². The summed E-state index contributed by atoms with van der Waals surface area (Å²) in [5.74, 6) is 0. The van der Waals surface area contributed by atoms with Crippen LogP contribution in [0.2, 0.25) is 0 Å². The van der Waals surface area contributed by atoms with E-state index in [0.717, 1.165) is 36.8 Å². The van der Waals surface area contributed by atoms with Gasteiger partial charge in [-0.2, -0.15) is 8.42 Å². The summed E-state index contributed by atoms with van der Waals surface area (Å²) in [6, 6.07) is 19.1. The molecule has 5 heteroatoms. The first kappa shape index (κ1) is 16.2. The van der Waals surface area contributed by atoms with Crippen LogP contribution in [0.4, 0.5) is 0 Å². The lowest BCUT2D eigenvalue weighted by Gasteiger charge is -2.38. The minimum atomic E-state index is -3.66. The zero-order valence-corrected chi connectivity index (χ0v) is 13.9. The molecule has 122 valence electrons. The third-order valence-corrected chi connectivity index (χ3v) is 4.80. The molecule has 4 nitrogen and oxygen atoms in total. The Kier molecular flexibility index (Phi) is 4.53. The van der Waals surface area contributed by atoms with Crippen molar-refractivity contribution in [1.29, 1.82) is 0 Å². The average molecular weight is 331 g/mol. The van der Waals surface area contributed by atoms with Gasteiger partial charge < -0.3 is 5.32 Å². The molecule has 1 fully saturated rings.